The van der Waals surface area contributed by atoms with E-state index in [2.05, 4.69) is 40.0 Å². The Bertz CT molecular complexity index is 873. The number of amides is 1. The maximum absolute atomic E-state index is 12.8. The van der Waals surface area contributed by atoms with E-state index in [0.29, 0.717) is 22.8 Å². The first-order chi connectivity index (χ1) is 15.0. The number of thiophene rings is 1. The third-order valence-electron chi connectivity index (χ3n) is 5.36. The van der Waals surface area contributed by atoms with E-state index >= 15 is 0 Å². The Balaban J connectivity index is 1.70. The van der Waals surface area contributed by atoms with E-state index in [1.165, 1.54) is 39.0 Å². The summed E-state index contributed by atoms with van der Waals surface area (Å²) >= 11 is 7.20. The van der Waals surface area contributed by atoms with Gasteiger partial charge in [-0.15, -0.1) is 11.3 Å². The van der Waals surface area contributed by atoms with Crippen LogP contribution in [0.15, 0.2) is 29.6 Å². The molecule has 0 radical (unpaired) electrons. The van der Waals surface area contributed by atoms with Crippen molar-refractivity contribution in [1.29, 1.82) is 0 Å². The molecule has 0 saturated carbocycles. The van der Waals surface area contributed by atoms with Crippen LogP contribution in [0, 0.1) is 0 Å². The van der Waals surface area contributed by atoms with E-state index in [1.807, 2.05) is 0 Å². The van der Waals surface area contributed by atoms with Crippen LogP contribution >= 0.6 is 23.6 Å². The Labute approximate surface area is 192 Å². The molecule has 3 rings (SSSR count). The lowest BCUT2D eigenvalue weighted by Gasteiger charge is -2.33. The quantitative estimate of drug-likeness (QED) is 0.580. The summed E-state index contributed by atoms with van der Waals surface area (Å²) in [5.74, 6) is 0.898. The molecule has 1 aromatic carbocycles. The molecule has 2 aromatic rings. The Morgan fingerprint density at radius 2 is 1.77 bits per heavy atom. The molecule has 1 aromatic heterocycles. The topological polar surface area (TPSA) is 72.1 Å². The molecule has 1 fully saturated rings. The van der Waals surface area contributed by atoms with Gasteiger partial charge in [-0.3, -0.25) is 15.0 Å². The van der Waals surface area contributed by atoms with Crippen LogP contribution in [-0.2, 0) is 0 Å². The molecule has 0 bridgehead atoms. The number of carbonyl (C=O) groups is 1. The zero-order valence-electron chi connectivity index (χ0n) is 18.3. The Kier molecular flexibility index (Phi) is 8.11. The van der Waals surface area contributed by atoms with Gasteiger partial charge in [0.2, 0.25) is 5.75 Å². The van der Waals surface area contributed by atoms with Crippen LogP contribution in [0.1, 0.15) is 41.0 Å². The summed E-state index contributed by atoms with van der Waals surface area (Å²) in [7, 11) is 4.54. The lowest BCUT2D eigenvalue weighted by atomic mass is 10.1. The number of ether oxygens (including phenoxy) is 3. The number of thiocarbonyl (C=S) groups is 1. The average Bonchev–Trinajstić information content (AvgIpc) is 3.47. The van der Waals surface area contributed by atoms with Crippen LogP contribution in [0.5, 0.6) is 17.2 Å². The summed E-state index contributed by atoms with van der Waals surface area (Å²) in [5.41, 5.74) is 0.362. The first kappa shape index (κ1) is 23.3. The van der Waals surface area contributed by atoms with Gasteiger partial charge in [-0.05, 0) is 68.7 Å². The summed E-state index contributed by atoms with van der Waals surface area (Å²) in [6.07, 6.45) is 2.41. The Morgan fingerprint density at radius 1 is 1.13 bits per heavy atom. The van der Waals surface area contributed by atoms with Gasteiger partial charge in [0.05, 0.1) is 27.4 Å². The van der Waals surface area contributed by atoms with Crippen molar-refractivity contribution in [3.63, 3.8) is 0 Å². The van der Waals surface area contributed by atoms with Crippen molar-refractivity contribution in [3.8, 4) is 17.2 Å². The molecule has 1 saturated heterocycles. The number of methoxy groups -OCH3 is 3. The van der Waals surface area contributed by atoms with Crippen LogP contribution < -0.4 is 24.8 Å². The zero-order valence-corrected chi connectivity index (χ0v) is 19.9. The van der Waals surface area contributed by atoms with Crippen molar-refractivity contribution in [3.05, 3.63) is 40.1 Å². The SMILES string of the molecule is COc1cc(C(=O)NC(=S)N[C@@H](C)[C@H](c2cccs2)N2CCCC2)cc(OC)c1OC. The van der Waals surface area contributed by atoms with Crippen molar-refractivity contribution in [2.24, 2.45) is 0 Å². The molecule has 1 aliphatic rings. The zero-order chi connectivity index (χ0) is 22.4. The van der Waals surface area contributed by atoms with Crippen LogP contribution in [0.3, 0.4) is 0 Å². The molecule has 7 nitrogen and oxygen atoms in total. The van der Waals surface area contributed by atoms with E-state index < -0.39 is 0 Å². The van der Waals surface area contributed by atoms with Gasteiger partial charge in [-0.25, -0.2) is 0 Å². The summed E-state index contributed by atoms with van der Waals surface area (Å²) in [6.45, 7) is 4.24. The first-order valence-corrected chi connectivity index (χ1v) is 11.5. The van der Waals surface area contributed by atoms with E-state index in [4.69, 9.17) is 26.4 Å². The first-order valence-electron chi connectivity index (χ1n) is 10.2. The second-order valence-corrected chi connectivity index (χ2v) is 8.72. The van der Waals surface area contributed by atoms with Crippen molar-refractivity contribution < 1.29 is 19.0 Å². The predicted molar refractivity (Wildman–Crippen MR) is 127 cm³/mol. The second-order valence-electron chi connectivity index (χ2n) is 7.33. The van der Waals surface area contributed by atoms with Crippen molar-refractivity contribution >= 4 is 34.6 Å². The van der Waals surface area contributed by atoms with Gasteiger partial charge in [0.15, 0.2) is 16.6 Å². The van der Waals surface area contributed by atoms with Crippen LogP contribution in [0.4, 0.5) is 0 Å². The predicted octanol–water partition coefficient (Wildman–Crippen LogP) is 3.60. The number of benzene rings is 1. The second kappa shape index (κ2) is 10.8. The number of nitrogens with zero attached hydrogens (tertiary/aromatic N) is 1. The largest absolute Gasteiger partial charge is 0.493 e. The van der Waals surface area contributed by atoms with Gasteiger partial charge in [-0.2, -0.15) is 0 Å². The monoisotopic (exact) mass is 463 g/mol. The maximum atomic E-state index is 12.8. The third-order valence-corrected chi connectivity index (χ3v) is 6.52. The van der Waals surface area contributed by atoms with Crippen LogP contribution in [0.25, 0.3) is 0 Å². The lowest BCUT2D eigenvalue weighted by Crippen LogP contribution is -2.48. The summed E-state index contributed by atoms with van der Waals surface area (Å²) in [6, 6.07) is 7.66. The van der Waals surface area contributed by atoms with Crippen LogP contribution in [0.2, 0.25) is 0 Å². The molecule has 168 valence electrons. The number of nitrogens with one attached hydrogen (secondary N) is 2. The fourth-order valence-corrected chi connectivity index (χ4v) is 5.17. The molecule has 0 unspecified atom stereocenters. The summed E-state index contributed by atoms with van der Waals surface area (Å²) in [4.78, 5) is 16.6. The highest BCUT2D eigenvalue weighted by Crippen LogP contribution is 2.38. The van der Waals surface area contributed by atoms with Crippen molar-refractivity contribution in [2.45, 2.75) is 31.8 Å². The fraction of sp³-hybridized carbons (Fsp3) is 0.455. The molecule has 2 N–H and O–H groups in total. The van der Waals surface area contributed by atoms with Gasteiger partial charge in [0.1, 0.15) is 0 Å². The van der Waals surface area contributed by atoms with E-state index in [-0.39, 0.29) is 23.1 Å². The van der Waals surface area contributed by atoms with E-state index in [0.717, 1.165) is 13.1 Å². The number of hydrogen-bond donors (Lipinski definition) is 2. The highest BCUT2D eigenvalue weighted by molar-refractivity contribution is 7.80. The molecule has 31 heavy (non-hydrogen) atoms. The Morgan fingerprint density at radius 3 is 2.29 bits per heavy atom. The average molecular weight is 464 g/mol. The smallest absolute Gasteiger partial charge is 0.257 e. The minimum absolute atomic E-state index is 0.0319. The van der Waals surface area contributed by atoms with Gasteiger partial charge >= 0.3 is 0 Å². The van der Waals surface area contributed by atoms with Gasteiger partial charge < -0.3 is 19.5 Å². The number of hydrogen-bond acceptors (Lipinski definition) is 7. The molecular weight excluding hydrogens is 434 g/mol. The maximum Gasteiger partial charge on any atom is 0.257 e. The fourth-order valence-electron chi connectivity index (χ4n) is 3.93. The normalized spacial score (nSPS) is 15.7. The molecule has 9 heteroatoms. The lowest BCUT2D eigenvalue weighted by molar-refractivity contribution is 0.0975. The molecule has 2 heterocycles. The highest BCUT2D eigenvalue weighted by atomic mass is 32.1. The van der Waals surface area contributed by atoms with E-state index in [9.17, 15) is 4.79 Å². The minimum atomic E-state index is -0.349. The minimum Gasteiger partial charge on any atom is -0.493 e. The number of likely N-dealkylation sites (tertiary alicyclic amines) is 1. The highest BCUT2D eigenvalue weighted by Gasteiger charge is 2.29. The summed E-state index contributed by atoms with van der Waals surface area (Å²) < 4.78 is 16.0. The standard InChI is InChI=1S/C22H29N3O4S2/c1-14(19(18-8-7-11-31-18)25-9-5-6-10-25)23-22(30)24-21(26)15-12-16(27-2)20(29-4)17(13-15)28-3/h7-8,11-14,19H,5-6,9-10H2,1-4H3,(H2,23,24,26,30)/t14-,19+/m0/s1. The molecule has 1 aliphatic heterocycles. The number of rotatable bonds is 8. The third kappa shape index (κ3) is 5.47. The molecule has 0 aliphatic carbocycles. The Hall–Kier alpha value is -2.36. The van der Waals surface area contributed by atoms with Crippen molar-refractivity contribution in [2.75, 3.05) is 34.4 Å². The van der Waals surface area contributed by atoms with E-state index in [1.54, 1.807) is 23.5 Å². The molecule has 1 amide bonds. The van der Waals surface area contributed by atoms with Gasteiger partial charge in [0.25, 0.3) is 5.91 Å². The van der Waals surface area contributed by atoms with Gasteiger partial charge in [0, 0.05) is 16.5 Å². The van der Waals surface area contributed by atoms with Gasteiger partial charge in [-0.1, -0.05) is 6.07 Å². The molecule has 0 spiro atoms. The molecule has 2 atom stereocenters. The van der Waals surface area contributed by atoms with Crippen LogP contribution in [-0.4, -0.2) is 56.4 Å². The van der Waals surface area contributed by atoms with Crippen molar-refractivity contribution in [1.82, 2.24) is 15.5 Å². The number of carbonyl (C=O) groups excluding carboxylic acids is 1. The molecular formula is C22H29N3O4S2. The summed E-state index contributed by atoms with van der Waals surface area (Å²) in [5, 5.41) is 8.45.